The van der Waals surface area contributed by atoms with Gasteiger partial charge in [0.2, 0.25) is 65.0 Å². The zero-order chi connectivity index (χ0) is 67.9. The van der Waals surface area contributed by atoms with E-state index in [9.17, 15) is 57.8 Å². The first-order valence-corrected chi connectivity index (χ1v) is 32.5. The Kier molecular flexibility index (Phi) is 32.1. The largest absolute Gasteiger partial charge is 0.508 e. The number of primary amides is 1. The fraction of sp³-hybridized carbons (Fsp3) is 0.544. The van der Waals surface area contributed by atoms with Crippen LogP contribution < -0.4 is 93.7 Å². The predicted molar refractivity (Wildman–Crippen MR) is 347 cm³/mol. The van der Waals surface area contributed by atoms with E-state index in [-0.39, 0.29) is 119 Å². The Morgan fingerprint density at radius 3 is 1.74 bits per heavy atom. The number of fused-ring (bicyclic) bond motifs is 1. The van der Waals surface area contributed by atoms with E-state index in [1.54, 1.807) is 56.3 Å². The van der Waals surface area contributed by atoms with Crippen molar-refractivity contribution in [1.82, 2.24) is 52.8 Å². The van der Waals surface area contributed by atoms with Crippen LogP contribution in [0.3, 0.4) is 0 Å². The normalized spacial score (nSPS) is 21.3. The van der Waals surface area contributed by atoms with Crippen molar-refractivity contribution in [2.75, 3.05) is 50.8 Å². The summed E-state index contributed by atoms with van der Waals surface area (Å²) in [7, 11) is 1.93. The lowest BCUT2D eigenvalue weighted by molar-refractivity contribution is -0.142. The van der Waals surface area contributed by atoms with Crippen molar-refractivity contribution in [2.45, 2.75) is 139 Å². The molecule has 2 saturated heterocycles. The second-order valence-corrected chi connectivity index (χ2v) is 24.5. The van der Waals surface area contributed by atoms with Crippen LogP contribution in [0.5, 0.6) is 5.75 Å². The van der Waals surface area contributed by atoms with Crippen molar-refractivity contribution in [1.29, 1.82) is 0 Å². The molecule has 2 unspecified atom stereocenters. The van der Waals surface area contributed by atoms with Crippen LogP contribution in [0.15, 0.2) is 69.6 Å². The third-order valence-corrected chi connectivity index (χ3v) is 17.1. The highest BCUT2D eigenvalue weighted by atomic mass is 33.1. The number of benzene rings is 2. The summed E-state index contributed by atoms with van der Waals surface area (Å²) in [6.45, 7) is 2.36. The monoisotopic (exact) mass is 1320 g/mol. The number of amides is 11. The molecular formula is C57H89N21O12S2. The third-order valence-electron chi connectivity index (χ3n) is 14.7. The van der Waals surface area contributed by atoms with Gasteiger partial charge in [0.05, 0.1) is 19.1 Å². The number of aliphatic imine (C=N–C) groups is 3. The molecule has 2 aromatic rings. The molecule has 10 atom stereocenters. The van der Waals surface area contributed by atoms with E-state index in [0.717, 1.165) is 21.6 Å². The molecule has 26 N–H and O–H groups in total. The Labute approximate surface area is 540 Å². The minimum absolute atomic E-state index is 0.00647. The average molecular weight is 1320 g/mol. The van der Waals surface area contributed by atoms with Crippen LogP contribution >= 0.6 is 21.6 Å². The molecule has 2 heterocycles. The van der Waals surface area contributed by atoms with Crippen molar-refractivity contribution < 1.29 is 57.8 Å². The first-order chi connectivity index (χ1) is 43.8. The van der Waals surface area contributed by atoms with Crippen molar-refractivity contribution in [3.8, 4) is 5.75 Å². The maximum atomic E-state index is 14.8. The fourth-order valence-electron chi connectivity index (χ4n) is 9.54. The van der Waals surface area contributed by atoms with Gasteiger partial charge in [0.25, 0.3) is 0 Å². The molecule has 0 aliphatic carbocycles. The molecule has 0 aromatic heterocycles. The molecule has 2 aliphatic heterocycles. The Bertz CT molecular complexity index is 2930. The van der Waals surface area contributed by atoms with E-state index in [1.165, 1.54) is 17.0 Å². The highest BCUT2D eigenvalue weighted by Gasteiger charge is 2.41. The first kappa shape index (κ1) is 75.3. The SMILES string of the molecule is CC[C@H](C)[C@@H]1NC(=O)C(CCCN=C(N)N)NC(=O)C(CCCN=C(N)N)NC(=O)[C@H](NC(=O)[C@H](Cc2ccccc2)NC(=O)CNC(=O)CNC(=O)[C@@H](N)Cc2ccc(O)cc2)CSSC[C@H](C(N)=O)NC(=O)[C@@H]2CCCN2C(=O)[C@H](CCCN=C(N)N)NC1=O. The second-order valence-electron chi connectivity index (χ2n) is 22.0. The number of rotatable bonds is 27. The van der Waals surface area contributed by atoms with E-state index in [0.29, 0.717) is 24.0 Å². The number of aromatic hydroxyl groups is 1. The van der Waals surface area contributed by atoms with Gasteiger partial charge in [-0.3, -0.25) is 67.7 Å². The lowest BCUT2D eigenvalue weighted by atomic mass is 9.96. The molecule has 0 saturated carbocycles. The van der Waals surface area contributed by atoms with Gasteiger partial charge < -0.3 is 104 Å². The maximum absolute atomic E-state index is 14.8. The highest BCUT2D eigenvalue weighted by Crippen LogP contribution is 2.25. The van der Waals surface area contributed by atoms with Gasteiger partial charge >= 0.3 is 0 Å². The zero-order valence-corrected chi connectivity index (χ0v) is 53.2. The number of hydrogen-bond donors (Lipinski definition) is 18. The smallest absolute Gasteiger partial charge is 0.245 e. The summed E-state index contributed by atoms with van der Waals surface area (Å²) in [6.07, 6.45) is 0.895. The lowest BCUT2D eigenvalue weighted by Gasteiger charge is -2.32. The second kappa shape index (κ2) is 39.2. The molecule has 0 radical (unpaired) electrons. The molecule has 33 nitrogen and oxygen atoms in total. The quantitative estimate of drug-likeness (QED) is 0.0171. The number of guanidine groups is 3. The van der Waals surface area contributed by atoms with E-state index < -0.39 is 138 Å². The van der Waals surface area contributed by atoms with Gasteiger partial charge in [-0.15, -0.1) is 0 Å². The van der Waals surface area contributed by atoms with Crippen LogP contribution in [-0.4, -0.2) is 198 Å². The average Bonchev–Trinajstić information content (AvgIpc) is 1.62. The van der Waals surface area contributed by atoms with E-state index in [2.05, 4.69) is 62.8 Å². The Balaban J connectivity index is 1.73. The van der Waals surface area contributed by atoms with Gasteiger partial charge in [0.1, 0.15) is 54.1 Å². The molecule has 506 valence electrons. The van der Waals surface area contributed by atoms with Gasteiger partial charge in [-0.2, -0.15) is 0 Å². The standard InChI is InChI=1S/C57H89N21O12S2/c1-3-31(2)45-53(89)74-38(15-9-23-68-57(64)65)54(90)78-24-10-16-42(78)52(88)75-40(46(59)82)29-91-92-30-41(51(87)73-36(13-7-21-66-55(60)61)48(84)72-37(49(85)77-45)14-8-22-67-56(62)63)76-50(86)39(26-32-11-5-4-6-12-32)71-44(81)28-69-43(80)27-70-47(83)35(58)25-33-17-19-34(79)20-18-33/h4-6,11-12,17-20,31,35-42,45,79H,3,7-10,13-16,21-30,58H2,1-2H3,(H2,59,82)(H,69,80)(H,70,83)(H,71,81)(H,72,84)(H,73,87)(H,74,89)(H,75,88)(H,76,86)(H,77,85)(H4,60,61,66)(H4,62,63,67)(H4,64,65,68)/t31-,35-,36?,37?,38-,39-,40+,41+,42-,45-/m0/s1. The van der Waals surface area contributed by atoms with Crippen molar-refractivity contribution in [3.05, 3.63) is 65.7 Å². The Morgan fingerprint density at radius 1 is 0.630 bits per heavy atom. The van der Waals surface area contributed by atoms with Crippen LogP contribution in [0, 0.1) is 5.92 Å². The van der Waals surface area contributed by atoms with Crippen LogP contribution in [-0.2, 0) is 65.6 Å². The Hall–Kier alpha value is -9.12. The van der Waals surface area contributed by atoms with E-state index >= 15 is 0 Å². The molecule has 2 aliphatic rings. The summed E-state index contributed by atoms with van der Waals surface area (Å²) >= 11 is 0. The van der Waals surface area contributed by atoms with Crippen molar-refractivity contribution in [3.63, 3.8) is 0 Å². The molecule has 11 amide bonds. The molecule has 2 fully saturated rings. The number of nitrogens with one attached hydrogen (secondary N) is 9. The van der Waals surface area contributed by atoms with Gasteiger partial charge in [-0.05, 0) is 87.0 Å². The number of phenols is 1. The lowest BCUT2D eigenvalue weighted by Crippen LogP contribution is -2.61. The highest BCUT2D eigenvalue weighted by molar-refractivity contribution is 8.76. The topological polar surface area (TPSA) is 565 Å². The molecule has 0 bridgehead atoms. The van der Waals surface area contributed by atoms with Crippen LogP contribution in [0.1, 0.15) is 82.8 Å². The van der Waals surface area contributed by atoms with Crippen LogP contribution in [0.25, 0.3) is 0 Å². The van der Waals surface area contributed by atoms with Gasteiger partial charge in [0, 0.05) is 44.1 Å². The minimum Gasteiger partial charge on any atom is -0.508 e. The van der Waals surface area contributed by atoms with Gasteiger partial charge in [0.15, 0.2) is 17.9 Å². The van der Waals surface area contributed by atoms with E-state index in [1.807, 2.05) is 0 Å². The first-order valence-electron chi connectivity index (χ1n) is 30.0. The number of nitrogens with two attached hydrogens (primary N) is 8. The molecular weight excluding hydrogens is 1230 g/mol. The third kappa shape index (κ3) is 26.8. The number of carbonyl (C=O) groups excluding carboxylic acids is 11. The molecule has 4 rings (SSSR count). The van der Waals surface area contributed by atoms with Crippen LogP contribution in [0.2, 0.25) is 0 Å². The molecule has 92 heavy (non-hydrogen) atoms. The van der Waals surface area contributed by atoms with Crippen molar-refractivity contribution >= 4 is 104 Å². The number of nitrogens with zero attached hydrogens (tertiary/aromatic N) is 4. The van der Waals surface area contributed by atoms with E-state index in [4.69, 9.17) is 45.9 Å². The Morgan fingerprint density at radius 2 is 1.16 bits per heavy atom. The summed E-state index contributed by atoms with van der Waals surface area (Å²) in [5.41, 5.74) is 46.6. The summed E-state index contributed by atoms with van der Waals surface area (Å²) in [6, 6.07) is 2.47. The molecule has 35 heteroatoms. The summed E-state index contributed by atoms with van der Waals surface area (Å²) < 4.78 is 0. The van der Waals surface area contributed by atoms with Gasteiger partial charge in [-0.1, -0.05) is 84.3 Å². The minimum atomic E-state index is -1.56. The molecule has 2 aromatic carbocycles. The summed E-state index contributed by atoms with van der Waals surface area (Å²) in [4.78, 5) is 168. The number of phenolic OH excluding ortho intramolecular Hbond substituents is 1. The molecule has 0 spiro atoms. The van der Waals surface area contributed by atoms with Crippen LogP contribution in [0.4, 0.5) is 0 Å². The zero-order valence-electron chi connectivity index (χ0n) is 51.6. The number of carbonyl (C=O) groups is 11. The predicted octanol–water partition coefficient (Wildman–Crippen LogP) is -5.79. The number of hydrogen-bond acceptors (Lipinski definition) is 18. The summed E-state index contributed by atoms with van der Waals surface area (Å²) in [5, 5.41) is 33.2. The fourth-order valence-corrected chi connectivity index (χ4v) is 11.9. The summed E-state index contributed by atoms with van der Waals surface area (Å²) in [5.74, 6) is -10.8. The maximum Gasteiger partial charge on any atom is 0.245 e. The van der Waals surface area contributed by atoms with Gasteiger partial charge in [-0.25, -0.2) is 0 Å². The van der Waals surface area contributed by atoms with Crippen molar-refractivity contribution in [2.24, 2.45) is 66.8 Å².